The van der Waals surface area contributed by atoms with Crippen molar-refractivity contribution in [3.63, 3.8) is 0 Å². The van der Waals surface area contributed by atoms with Gasteiger partial charge in [-0.15, -0.1) is 0 Å². The van der Waals surface area contributed by atoms with E-state index in [9.17, 15) is 4.79 Å². The lowest BCUT2D eigenvalue weighted by Gasteiger charge is -2.12. The van der Waals surface area contributed by atoms with E-state index in [0.29, 0.717) is 18.7 Å². The number of rotatable bonds is 5. The van der Waals surface area contributed by atoms with Crippen LogP contribution in [0.5, 0.6) is 11.5 Å². The topological polar surface area (TPSA) is 67.8 Å². The van der Waals surface area contributed by atoms with Crippen LogP contribution >= 0.6 is 0 Å². The second kappa shape index (κ2) is 5.73. The maximum absolute atomic E-state index is 11.7. The van der Waals surface area contributed by atoms with Gasteiger partial charge in [0.05, 0.1) is 12.5 Å². The predicted octanol–water partition coefficient (Wildman–Crippen LogP) is 1.05. The predicted molar refractivity (Wildman–Crippen MR) is 65.3 cm³/mol. The minimum atomic E-state index is -0.334. The molecule has 0 radical (unpaired) electrons. The molecule has 98 valence electrons. The Labute approximate surface area is 106 Å². The minimum Gasteiger partial charge on any atom is -0.454 e. The van der Waals surface area contributed by atoms with Crippen molar-refractivity contribution < 1.29 is 19.4 Å². The van der Waals surface area contributed by atoms with Crippen molar-refractivity contribution in [2.24, 2.45) is 5.92 Å². The first-order valence-electron chi connectivity index (χ1n) is 6.01. The van der Waals surface area contributed by atoms with Crippen LogP contribution in [0.1, 0.15) is 18.9 Å². The number of ether oxygens (including phenoxy) is 2. The number of hydrogen-bond acceptors (Lipinski definition) is 4. The normalized spacial score (nSPS) is 14.3. The second-order valence-electron chi connectivity index (χ2n) is 4.19. The van der Waals surface area contributed by atoms with Gasteiger partial charge in [-0.3, -0.25) is 4.79 Å². The van der Waals surface area contributed by atoms with E-state index in [1.165, 1.54) is 0 Å². The molecule has 2 N–H and O–H groups in total. The quantitative estimate of drug-likeness (QED) is 0.820. The van der Waals surface area contributed by atoms with Crippen LogP contribution in [0.2, 0.25) is 0 Å². The van der Waals surface area contributed by atoms with Gasteiger partial charge in [-0.05, 0) is 24.1 Å². The van der Waals surface area contributed by atoms with Gasteiger partial charge in [-0.1, -0.05) is 13.0 Å². The number of fused-ring (bicyclic) bond motifs is 1. The van der Waals surface area contributed by atoms with Gasteiger partial charge < -0.3 is 19.9 Å². The van der Waals surface area contributed by atoms with E-state index in [4.69, 9.17) is 14.6 Å². The Hall–Kier alpha value is -1.75. The van der Waals surface area contributed by atoms with Crippen molar-refractivity contribution in [2.75, 3.05) is 13.4 Å². The van der Waals surface area contributed by atoms with Crippen molar-refractivity contribution in [3.05, 3.63) is 23.8 Å². The summed E-state index contributed by atoms with van der Waals surface area (Å²) < 4.78 is 10.5. The zero-order valence-corrected chi connectivity index (χ0v) is 10.3. The molecule has 1 heterocycles. The lowest BCUT2D eigenvalue weighted by atomic mass is 10.1. The molecule has 1 amide bonds. The van der Waals surface area contributed by atoms with E-state index in [2.05, 4.69) is 5.32 Å². The highest BCUT2D eigenvalue weighted by molar-refractivity contribution is 5.78. The lowest BCUT2D eigenvalue weighted by Crippen LogP contribution is -2.31. The molecule has 1 atom stereocenters. The van der Waals surface area contributed by atoms with Crippen LogP contribution < -0.4 is 14.8 Å². The molecule has 1 aromatic rings. The first kappa shape index (κ1) is 12.7. The number of amides is 1. The molecule has 0 aliphatic carbocycles. The van der Waals surface area contributed by atoms with Gasteiger partial charge in [0.15, 0.2) is 11.5 Å². The summed E-state index contributed by atoms with van der Waals surface area (Å²) in [4.78, 5) is 11.7. The first-order valence-corrected chi connectivity index (χ1v) is 6.01. The van der Waals surface area contributed by atoms with Gasteiger partial charge in [0.25, 0.3) is 0 Å². The van der Waals surface area contributed by atoms with E-state index in [0.717, 1.165) is 11.3 Å². The van der Waals surface area contributed by atoms with Gasteiger partial charge >= 0.3 is 0 Å². The molecular weight excluding hydrogens is 234 g/mol. The van der Waals surface area contributed by atoms with Crippen LogP contribution in [-0.4, -0.2) is 24.4 Å². The highest BCUT2D eigenvalue weighted by atomic mass is 16.7. The molecule has 0 bridgehead atoms. The van der Waals surface area contributed by atoms with Gasteiger partial charge in [0.1, 0.15) is 0 Å². The van der Waals surface area contributed by atoms with Gasteiger partial charge in [-0.2, -0.15) is 0 Å². The van der Waals surface area contributed by atoms with Crippen LogP contribution in [-0.2, 0) is 11.3 Å². The Bertz CT molecular complexity index is 429. The molecule has 5 heteroatoms. The number of hydrogen-bond donors (Lipinski definition) is 2. The van der Waals surface area contributed by atoms with E-state index < -0.39 is 0 Å². The third-order valence-corrected chi connectivity index (χ3v) is 2.99. The highest BCUT2D eigenvalue weighted by Crippen LogP contribution is 2.32. The number of carbonyl (C=O) groups excluding carboxylic acids is 1. The average molecular weight is 251 g/mol. The molecule has 5 nitrogen and oxygen atoms in total. The smallest absolute Gasteiger partial charge is 0.231 e. The molecule has 2 rings (SSSR count). The van der Waals surface area contributed by atoms with Crippen molar-refractivity contribution in [3.8, 4) is 11.5 Å². The Kier molecular flexibility index (Phi) is 4.04. The third-order valence-electron chi connectivity index (χ3n) is 2.99. The van der Waals surface area contributed by atoms with Crippen LogP contribution in [0.3, 0.4) is 0 Å². The molecule has 0 fully saturated rings. The van der Waals surface area contributed by atoms with Crippen LogP contribution in [0.4, 0.5) is 0 Å². The SMILES string of the molecule is CCC(CO)C(=O)NCc1ccc2c(c1)OCO2. The molecule has 0 aromatic heterocycles. The second-order valence-corrected chi connectivity index (χ2v) is 4.19. The van der Waals surface area contributed by atoms with E-state index in [-0.39, 0.29) is 25.2 Å². The summed E-state index contributed by atoms with van der Waals surface area (Å²) in [6.45, 7) is 2.42. The summed E-state index contributed by atoms with van der Waals surface area (Å²) in [7, 11) is 0. The molecule has 1 aliphatic heterocycles. The fourth-order valence-electron chi connectivity index (χ4n) is 1.78. The zero-order valence-electron chi connectivity index (χ0n) is 10.3. The molecule has 1 aromatic carbocycles. The minimum absolute atomic E-state index is 0.122. The number of aliphatic hydroxyl groups is 1. The largest absolute Gasteiger partial charge is 0.454 e. The van der Waals surface area contributed by atoms with Crippen molar-refractivity contribution in [1.29, 1.82) is 0 Å². The van der Waals surface area contributed by atoms with Gasteiger partial charge in [-0.25, -0.2) is 0 Å². The average Bonchev–Trinajstić information content (AvgIpc) is 2.85. The standard InChI is InChI=1S/C13H17NO4/c1-2-10(7-15)13(16)14-6-9-3-4-11-12(5-9)18-8-17-11/h3-5,10,15H,2,6-8H2,1H3,(H,14,16). The summed E-state index contributed by atoms with van der Waals surface area (Å²) in [6, 6.07) is 5.56. The first-order chi connectivity index (χ1) is 8.74. The third kappa shape index (κ3) is 2.73. The molecule has 1 unspecified atom stereocenters. The monoisotopic (exact) mass is 251 g/mol. The van der Waals surface area contributed by atoms with Crippen molar-refractivity contribution >= 4 is 5.91 Å². The molecule has 0 spiro atoms. The van der Waals surface area contributed by atoms with Crippen molar-refractivity contribution in [2.45, 2.75) is 19.9 Å². The Morgan fingerprint density at radius 1 is 1.44 bits per heavy atom. The Morgan fingerprint density at radius 2 is 2.22 bits per heavy atom. The van der Waals surface area contributed by atoms with Gasteiger partial charge in [0, 0.05) is 6.54 Å². The fraction of sp³-hybridized carbons (Fsp3) is 0.462. The van der Waals surface area contributed by atoms with Crippen molar-refractivity contribution in [1.82, 2.24) is 5.32 Å². The maximum atomic E-state index is 11.7. The Morgan fingerprint density at radius 3 is 2.94 bits per heavy atom. The van der Waals surface area contributed by atoms with Crippen LogP contribution in [0.15, 0.2) is 18.2 Å². The molecule has 0 saturated heterocycles. The van der Waals surface area contributed by atoms with E-state index in [1.54, 1.807) is 0 Å². The summed E-state index contributed by atoms with van der Waals surface area (Å²) in [6.07, 6.45) is 0.628. The highest BCUT2D eigenvalue weighted by Gasteiger charge is 2.16. The maximum Gasteiger partial charge on any atom is 0.231 e. The van der Waals surface area contributed by atoms with E-state index in [1.807, 2.05) is 25.1 Å². The number of aliphatic hydroxyl groups excluding tert-OH is 1. The van der Waals surface area contributed by atoms with Crippen LogP contribution in [0.25, 0.3) is 0 Å². The summed E-state index contributed by atoms with van der Waals surface area (Å²) in [5, 5.41) is 11.8. The summed E-state index contributed by atoms with van der Waals surface area (Å²) in [5.41, 5.74) is 0.945. The number of benzene rings is 1. The zero-order chi connectivity index (χ0) is 13.0. The van der Waals surface area contributed by atoms with Gasteiger partial charge in [0.2, 0.25) is 12.7 Å². The van der Waals surface area contributed by atoms with E-state index >= 15 is 0 Å². The molecule has 1 aliphatic rings. The molecular formula is C13H17NO4. The molecule has 0 saturated carbocycles. The number of carbonyl (C=O) groups is 1. The Balaban J connectivity index is 1.92. The summed E-state index contributed by atoms with van der Waals surface area (Å²) >= 11 is 0. The number of nitrogens with one attached hydrogen (secondary N) is 1. The lowest BCUT2D eigenvalue weighted by molar-refractivity contribution is -0.126. The van der Waals surface area contributed by atoms with Crippen LogP contribution in [0, 0.1) is 5.92 Å². The fourth-order valence-corrected chi connectivity index (χ4v) is 1.78. The summed E-state index contributed by atoms with van der Waals surface area (Å²) in [5.74, 6) is 0.972. The molecule has 18 heavy (non-hydrogen) atoms.